The van der Waals surface area contributed by atoms with Crippen LogP contribution in [0.3, 0.4) is 0 Å². The van der Waals surface area contributed by atoms with E-state index in [9.17, 15) is 18.4 Å². The molecular formula is C19H15F2NO3. The van der Waals surface area contributed by atoms with E-state index < -0.39 is 30.0 Å². The smallest absolute Gasteiger partial charge is 0.338 e. The summed E-state index contributed by atoms with van der Waals surface area (Å²) in [5.41, 5.74) is 2.90. The monoisotopic (exact) mass is 343 g/mol. The van der Waals surface area contributed by atoms with Crippen LogP contribution in [0.5, 0.6) is 0 Å². The van der Waals surface area contributed by atoms with Crippen LogP contribution in [0.2, 0.25) is 0 Å². The summed E-state index contributed by atoms with van der Waals surface area (Å²) < 4.78 is 31.4. The van der Waals surface area contributed by atoms with Crippen molar-refractivity contribution in [2.24, 2.45) is 0 Å². The molecule has 0 aliphatic carbocycles. The first-order valence-electron chi connectivity index (χ1n) is 7.61. The summed E-state index contributed by atoms with van der Waals surface area (Å²) in [4.78, 5) is 27.3. The van der Waals surface area contributed by atoms with Gasteiger partial charge in [0.25, 0.3) is 0 Å². The zero-order valence-electron chi connectivity index (χ0n) is 13.7. The number of H-pyrrole nitrogens is 1. The molecule has 1 aromatic heterocycles. The molecule has 1 N–H and O–H groups in total. The van der Waals surface area contributed by atoms with Gasteiger partial charge in [-0.05, 0) is 49.7 Å². The zero-order valence-corrected chi connectivity index (χ0v) is 13.7. The van der Waals surface area contributed by atoms with Gasteiger partial charge in [-0.2, -0.15) is 0 Å². The number of Topliss-reactive ketones (excluding diaryl/α,β-unsaturated/α-hetero) is 1. The van der Waals surface area contributed by atoms with Gasteiger partial charge in [0, 0.05) is 22.7 Å². The molecule has 6 heteroatoms. The number of hydrogen-bond donors (Lipinski definition) is 1. The highest BCUT2D eigenvalue weighted by molar-refractivity contribution is 6.00. The first kappa shape index (κ1) is 16.8. The number of aromatic amines is 1. The van der Waals surface area contributed by atoms with E-state index >= 15 is 0 Å². The molecule has 0 saturated carbocycles. The van der Waals surface area contributed by atoms with E-state index in [1.54, 1.807) is 18.2 Å². The van der Waals surface area contributed by atoms with Crippen LogP contribution >= 0.6 is 0 Å². The van der Waals surface area contributed by atoms with E-state index in [0.29, 0.717) is 11.6 Å². The van der Waals surface area contributed by atoms with Crippen molar-refractivity contribution in [3.8, 4) is 0 Å². The van der Waals surface area contributed by atoms with E-state index in [-0.39, 0.29) is 5.56 Å². The van der Waals surface area contributed by atoms with Crippen LogP contribution < -0.4 is 0 Å². The normalized spacial score (nSPS) is 10.9. The molecule has 25 heavy (non-hydrogen) atoms. The molecule has 0 fully saturated rings. The fourth-order valence-corrected chi connectivity index (χ4v) is 2.60. The van der Waals surface area contributed by atoms with Gasteiger partial charge in [0.2, 0.25) is 5.78 Å². The van der Waals surface area contributed by atoms with Crippen molar-refractivity contribution in [1.29, 1.82) is 0 Å². The molecule has 0 amide bonds. The highest BCUT2D eigenvalue weighted by atomic mass is 19.1. The quantitative estimate of drug-likeness (QED) is 0.573. The maximum Gasteiger partial charge on any atom is 0.338 e. The summed E-state index contributed by atoms with van der Waals surface area (Å²) in [5, 5.41) is 0.892. The second kappa shape index (κ2) is 6.47. The molecule has 128 valence electrons. The minimum absolute atomic E-state index is 0.293. The Hall–Kier alpha value is -3.02. The van der Waals surface area contributed by atoms with Gasteiger partial charge in [0.1, 0.15) is 11.6 Å². The third-order valence-electron chi connectivity index (χ3n) is 4.11. The van der Waals surface area contributed by atoms with Gasteiger partial charge in [-0.1, -0.05) is 0 Å². The Morgan fingerprint density at radius 3 is 2.56 bits per heavy atom. The van der Waals surface area contributed by atoms with Crippen LogP contribution in [0, 0.1) is 25.5 Å². The minimum atomic E-state index is -0.985. The number of aromatic nitrogens is 1. The van der Waals surface area contributed by atoms with Gasteiger partial charge in [0.05, 0.1) is 11.1 Å². The number of ether oxygens (including phenoxy) is 1. The number of ketones is 1. The summed E-state index contributed by atoms with van der Waals surface area (Å²) in [6.45, 7) is 3.25. The van der Waals surface area contributed by atoms with Gasteiger partial charge in [0.15, 0.2) is 6.61 Å². The van der Waals surface area contributed by atoms with Crippen LogP contribution in [0.15, 0.2) is 36.4 Å². The predicted molar refractivity (Wildman–Crippen MR) is 88.7 cm³/mol. The maximum absolute atomic E-state index is 13.6. The number of carbonyl (C=O) groups is 2. The molecule has 0 atom stereocenters. The standard InChI is InChI=1S/C19H15F2NO3/c1-10-11(2)22-17-6-3-12(7-15(10)17)19(24)25-9-18(23)14-5-4-13(20)8-16(14)21/h3-8,22H,9H2,1-2H3. The Morgan fingerprint density at radius 2 is 1.84 bits per heavy atom. The fraction of sp³-hybridized carbons (Fsp3) is 0.158. The average molecular weight is 343 g/mol. The molecule has 4 nitrogen and oxygen atoms in total. The molecule has 2 aromatic carbocycles. The molecule has 0 spiro atoms. The summed E-state index contributed by atoms with van der Waals surface area (Å²) in [6.07, 6.45) is 0. The fourth-order valence-electron chi connectivity index (χ4n) is 2.60. The van der Waals surface area contributed by atoms with Crippen LogP contribution in [0.25, 0.3) is 10.9 Å². The predicted octanol–water partition coefficient (Wildman–Crippen LogP) is 4.10. The molecule has 0 saturated heterocycles. The zero-order chi connectivity index (χ0) is 18.1. The maximum atomic E-state index is 13.6. The third-order valence-corrected chi connectivity index (χ3v) is 4.11. The van der Waals surface area contributed by atoms with Gasteiger partial charge in [-0.3, -0.25) is 4.79 Å². The Balaban J connectivity index is 1.74. The topological polar surface area (TPSA) is 59.2 Å². The van der Waals surface area contributed by atoms with Crippen LogP contribution in [-0.2, 0) is 4.74 Å². The van der Waals surface area contributed by atoms with Crippen molar-refractivity contribution in [1.82, 2.24) is 4.98 Å². The number of nitrogens with one attached hydrogen (secondary N) is 1. The van der Waals surface area contributed by atoms with Crippen molar-refractivity contribution in [2.75, 3.05) is 6.61 Å². The van der Waals surface area contributed by atoms with E-state index in [1.165, 1.54) is 0 Å². The first-order chi connectivity index (χ1) is 11.9. The lowest BCUT2D eigenvalue weighted by Crippen LogP contribution is -2.15. The van der Waals surface area contributed by atoms with Gasteiger partial charge in [-0.15, -0.1) is 0 Å². The Bertz CT molecular complexity index is 992. The SMILES string of the molecule is Cc1[nH]c2ccc(C(=O)OCC(=O)c3ccc(F)cc3F)cc2c1C. The molecule has 3 aromatic rings. The lowest BCUT2D eigenvalue weighted by atomic mass is 10.1. The second-order valence-electron chi connectivity index (χ2n) is 5.76. The molecule has 0 unspecified atom stereocenters. The third kappa shape index (κ3) is 3.28. The molecule has 0 radical (unpaired) electrons. The first-order valence-corrected chi connectivity index (χ1v) is 7.61. The number of aryl methyl sites for hydroxylation is 2. The van der Waals surface area contributed by atoms with Crippen molar-refractivity contribution in [3.05, 3.63) is 70.4 Å². The molecule has 1 heterocycles. The highest BCUT2D eigenvalue weighted by Crippen LogP contribution is 2.22. The highest BCUT2D eigenvalue weighted by Gasteiger charge is 2.16. The molecular weight excluding hydrogens is 328 g/mol. The number of carbonyl (C=O) groups excluding carboxylic acids is 2. The number of hydrogen-bond acceptors (Lipinski definition) is 3. The van der Waals surface area contributed by atoms with Gasteiger partial charge >= 0.3 is 5.97 Å². The largest absolute Gasteiger partial charge is 0.454 e. The lowest BCUT2D eigenvalue weighted by molar-refractivity contribution is 0.0473. The van der Waals surface area contributed by atoms with Crippen molar-refractivity contribution in [2.45, 2.75) is 13.8 Å². The van der Waals surface area contributed by atoms with Crippen molar-refractivity contribution >= 4 is 22.7 Å². The number of esters is 1. The minimum Gasteiger partial charge on any atom is -0.454 e. The van der Waals surface area contributed by atoms with Crippen molar-refractivity contribution < 1.29 is 23.1 Å². The lowest BCUT2D eigenvalue weighted by Gasteiger charge is -2.06. The molecule has 3 rings (SSSR count). The van der Waals surface area contributed by atoms with E-state index in [4.69, 9.17) is 4.74 Å². The number of halogens is 2. The Kier molecular flexibility index (Phi) is 4.35. The van der Waals surface area contributed by atoms with Crippen LogP contribution in [0.1, 0.15) is 32.0 Å². The molecule has 0 aliphatic rings. The second-order valence-corrected chi connectivity index (χ2v) is 5.76. The van der Waals surface area contributed by atoms with Gasteiger partial charge in [-0.25, -0.2) is 13.6 Å². The van der Waals surface area contributed by atoms with Crippen LogP contribution in [0.4, 0.5) is 8.78 Å². The number of fused-ring (bicyclic) bond motifs is 1. The van der Waals surface area contributed by atoms with Crippen LogP contribution in [-0.4, -0.2) is 23.3 Å². The number of benzene rings is 2. The van der Waals surface area contributed by atoms with E-state index in [2.05, 4.69) is 4.98 Å². The molecule has 0 aliphatic heterocycles. The molecule has 0 bridgehead atoms. The van der Waals surface area contributed by atoms with Crippen molar-refractivity contribution in [3.63, 3.8) is 0 Å². The summed E-state index contributed by atoms with van der Waals surface area (Å²) in [7, 11) is 0. The van der Waals surface area contributed by atoms with E-state index in [0.717, 1.165) is 34.3 Å². The Labute approximate surface area is 142 Å². The summed E-state index contributed by atoms with van der Waals surface area (Å²) >= 11 is 0. The van der Waals surface area contributed by atoms with Gasteiger partial charge < -0.3 is 9.72 Å². The summed E-state index contributed by atoms with van der Waals surface area (Å²) in [6, 6.07) is 7.64. The number of rotatable bonds is 4. The average Bonchev–Trinajstić information content (AvgIpc) is 2.86. The van der Waals surface area contributed by atoms with E-state index in [1.807, 2.05) is 13.8 Å². The summed E-state index contributed by atoms with van der Waals surface area (Å²) in [5.74, 6) is -3.19. The Morgan fingerprint density at radius 1 is 1.08 bits per heavy atom.